The molecule has 3 aromatic rings. The Balaban J connectivity index is 1.59. The van der Waals surface area contributed by atoms with Gasteiger partial charge >= 0.3 is 0 Å². The molecule has 0 spiro atoms. The van der Waals surface area contributed by atoms with Gasteiger partial charge in [-0.15, -0.1) is 11.8 Å². The van der Waals surface area contributed by atoms with E-state index in [0.717, 1.165) is 28.4 Å². The predicted molar refractivity (Wildman–Crippen MR) is 116 cm³/mol. The van der Waals surface area contributed by atoms with E-state index in [1.807, 2.05) is 53.9 Å². The molecular weight excluding hydrogens is 366 g/mol. The van der Waals surface area contributed by atoms with E-state index < -0.39 is 0 Å². The van der Waals surface area contributed by atoms with Crippen molar-refractivity contribution in [2.24, 2.45) is 0 Å². The van der Waals surface area contributed by atoms with Gasteiger partial charge in [0.1, 0.15) is 0 Å². The number of nitrogens with zero attached hydrogens (tertiary/aromatic N) is 3. The Bertz CT molecular complexity index is 932. The first kappa shape index (κ1) is 20.2. The fraction of sp³-hybridized carbons (Fsp3) is 0.304. The van der Waals surface area contributed by atoms with Crippen LogP contribution in [0.1, 0.15) is 28.9 Å². The van der Waals surface area contributed by atoms with Crippen molar-refractivity contribution in [3.63, 3.8) is 0 Å². The second-order valence-corrected chi connectivity index (χ2v) is 8.23. The van der Waals surface area contributed by atoms with Crippen LogP contribution in [0, 0.1) is 20.8 Å². The maximum atomic E-state index is 12.6. The number of hydrogen-bond acceptors (Lipinski definition) is 3. The van der Waals surface area contributed by atoms with E-state index >= 15 is 0 Å². The number of benzene rings is 2. The van der Waals surface area contributed by atoms with Crippen LogP contribution in [0.25, 0.3) is 5.69 Å². The van der Waals surface area contributed by atoms with E-state index in [1.54, 1.807) is 11.8 Å². The molecule has 0 unspecified atom stereocenters. The molecule has 0 aliphatic carbocycles. The number of hydrogen-bond donors (Lipinski definition) is 0. The highest BCUT2D eigenvalue weighted by atomic mass is 32.2. The van der Waals surface area contributed by atoms with Crippen LogP contribution in [0.2, 0.25) is 0 Å². The first-order chi connectivity index (χ1) is 13.5. The van der Waals surface area contributed by atoms with Crippen LogP contribution in [0.4, 0.5) is 0 Å². The highest BCUT2D eigenvalue weighted by Crippen LogP contribution is 2.21. The number of para-hydroxylation sites is 1. The summed E-state index contributed by atoms with van der Waals surface area (Å²) >= 11 is 1.72. The van der Waals surface area contributed by atoms with E-state index in [9.17, 15) is 4.79 Å². The molecular formula is C23H27N3OS. The maximum absolute atomic E-state index is 12.6. The molecule has 2 aromatic carbocycles. The third-order valence-electron chi connectivity index (χ3n) is 4.87. The molecule has 0 aliphatic rings. The highest BCUT2D eigenvalue weighted by molar-refractivity contribution is 7.99. The number of carbonyl (C=O) groups excluding carboxylic acids is 1. The van der Waals surface area contributed by atoms with Crippen LogP contribution in [0.15, 0.2) is 59.5 Å². The Hall–Kier alpha value is -2.53. The zero-order valence-corrected chi connectivity index (χ0v) is 17.8. The van der Waals surface area contributed by atoms with Gasteiger partial charge in [-0.05, 0) is 45.0 Å². The van der Waals surface area contributed by atoms with Crippen molar-refractivity contribution in [3.05, 3.63) is 77.1 Å². The number of aryl methyl sites for hydroxylation is 2. The molecule has 0 saturated carbocycles. The zero-order valence-electron chi connectivity index (χ0n) is 17.0. The molecule has 0 aliphatic heterocycles. The van der Waals surface area contributed by atoms with Gasteiger partial charge in [0.05, 0.1) is 11.4 Å². The van der Waals surface area contributed by atoms with E-state index in [2.05, 4.69) is 43.2 Å². The van der Waals surface area contributed by atoms with Gasteiger partial charge in [-0.1, -0.05) is 35.9 Å². The average Bonchev–Trinajstić information content (AvgIpc) is 2.98. The third-order valence-corrected chi connectivity index (χ3v) is 5.88. The number of rotatable bonds is 7. The van der Waals surface area contributed by atoms with E-state index in [-0.39, 0.29) is 5.91 Å². The van der Waals surface area contributed by atoms with Crippen LogP contribution >= 0.6 is 11.8 Å². The van der Waals surface area contributed by atoms with Crippen molar-refractivity contribution >= 4 is 17.7 Å². The topological polar surface area (TPSA) is 38.1 Å². The summed E-state index contributed by atoms with van der Waals surface area (Å²) in [6, 6.07) is 18.5. The molecule has 0 saturated heterocycles. The van der Waals surface area contributed by atoms with Gasteiger partial charge in [-0.3, -0.25) is 4.79 Å². The summed E-state index contributed by atoms with van der Waals surface area (Å²) in [5, 5.41) is 4.68. The minimum Gasteiger partial charge on any atom is -0.341 e. The lowest BCUT2D eigenvalue weighted by Gasteiger charge is -2.17. The van der Waals surface area contributed by atoms with Crippen LogP contribution in [-0.4, -0.2) is 33.4 Å². The average molecular weight is 394 g/mol. The molecule has 4 nitrogen and oxygen atoms in total. The van der Waals surface area contributed by atoms with E-state index in [1.165, 1.54) is 10.5 Å². The summed E-state index contributed by atoms with van der Waals surface area (Å²) in [6.07, 6.45) is 0.528. The molecule has 1 heterocycles. The SMILES string of the molecule is Cc1ccc(SCCC(=O)N(C)Cc2c(C)nn(-c3ccccc3)c2C)cc1. The summed E-state index contributed by atoms with van der Waals surface area (Å²) in [6.45, 7) is 6.73. The largest absolute Gasteiger partial charge is 0.341 e. The van der Waals surface area contributed by atoms with Crippen LogP contribution < -0.4 is 0 Å². The standard InChI is InChI=1S/C23H27N3OS/c1-17-10-12-21(13-11-17)28-15-14-23(27)25(4)16-22-18(2)24-26(19(22)3)20-8-6-5-7-9-20/h5-13H,14-16H2,1-4H3. The Kier molecular flexibility index (Phi) is 6.57. The second kappa shape index (κ2) is 9.11. The van der Waals surface area contributed by atoms with Gasteiger partial charge in [0.25, 0.3) is 0 Å². The maximum Gasteiger partial charge on any atom is 0.223 e. The molecule has 0 N–H and O–H groups in total. The first-order valence-corrected chi connectivity index (χ1v) is 10.5. The van der Waals surface area contributed by atoms with Crippen molar-refractivity contribution in [3.8, 4) is 5.69 Å². The van der Waals surface area contributed by atoms with Gasteiger partial charge in [0.2, 0.25) is 5.91 Å². The summed E-state index contributed by atoms with van der Waals surface area (Å²) < 4.78 is 1.95. The second-order valence-electron chi connectivity index (χ2n) is 7.06. The Morgan fingerprint density at radius 2 is 1.71 bits per heavy atom. The van der Waals surface area contributed by atoms with Crippen molar-refractivity contribution in [2.75, 3.05) is 12.8 Å². The monoisotopic (exact) mass is 393 g/mol. The Morgan fingerprint density at radius 3 is 2.39 bits per heavy atom. The number of carbonyl (C=O) groups is 1. The van der Waals surface area contributed by atoms with Crippen molar-refractivity contribution in [1.29, 1.82) is 0 Å². The lowest BCUT2D eigenvalue weighted by molar-refractivity contribution is -0.129. The lowest BCUT2D eigenvalue weighted by Crippen LogP contribution is -2.27. The summed E-state index contributed by atoms with van der Waals surface area (Å²) in [4.78, 5) is 15.6. The predicted octanol–water partition coefficient (Wildman–Crippen LogP) is 4.94. The van der Waals surface area contributed by atoms with Crippen molar-refractivity contribution in [2.45, 2.75) is 38.6 Å². The minimum absolute atomic E-state index is 0.158. The molecule has 1 amide bonds. The van der Waals surface area contributed by atoms with E-state index in [4.69, 9.17) is 0 Å². The quantitative estimate of drug-likeness (QED) is 0.534. The summed E-state index contributed by atoms with van der Waals surface area (Å²) in [7, 11) is 1.87. The summed E-state index contributed by atoms with van der Waals surface area (Å²) in [5.74, 6) is 0.943. The summed E-state index contributed by atoms with van der Waals surface area (Å²) in [5.41, 5.74) is 5.46. The lowest BCUT2D eigenvalue weighted by atomic mass is 10.2. The van der Waals surface area contributed by atoms with Crippen molar-refractivity contribution in [1.82, 2.24) is 14.7 Å². The molecule has 0 radical (unpaired) electrons. The molecule has 146 valence electrons. The first-order valence-electron chi connectivity index (χ1n) is 9.49. The number of thioether (sulfide) groups is 1. The Labute approximate surface area is 171 Å². The van der Waals surface area contributed by atoms with Gasteiger partial charge in [0, 0.05) is 41.9 Å². The molecule has 0 bridgehead atoms. The van der Waals surface area contributed by atoms with Gasteiger partial charge in [-0.25, -0.2) is 4.68 Å². The molecule has 0 atom stereocenters. The zero-order chi connectivity index (χ0) is 20.1. The molecule has 0 fully saturated rings. The van der Waals surface area contributed by atoms with Gasteiger partial charge < -0.3 is 4.90 Å². The van der Waals surface area contributed by atoms with Crippen LogP contribution in [0.3, 0.4) is 0 Å². The minimum atomic E-state index is 0.158. The number of amides is 1. The normalized spacial score (nSPS) is 10.9. The van der Waals surface area contributed by atoms with Gasteiger partial charge in [0.15, 0.2) is 0 Å². The highest BCUT2D eigenvalue weighted by Gasteiger charge is 2.17. The Morgan fingerprint density at radius 1 is 1.04 bits per heavy atom. The third kappa shape index (κ3) is 4.84. The van der Waals surface area contributed by atoms with Crippen LogP contribution in [-0.2, 0) is 11.3 Å². The molecule has 28 heavy (non-hydrogen) atoms. The van der Waals surface area contributed by atoms with Gasteiger partial charge in [-0.2, -0.15) is 5.10 Å². The fourth-order valence-corrected chi connectivity index (χ4v) is 3.97. The van der Waals surface area contributed by atoms with Crippen LogP contribution in [0.5, 0.6) is 0 Å². The molecule has 1 aromatic heterocycles. The molecule has 5 heteroatoms. The number of aromatic nitrogens is 2. The smallest absolute Gasteiger partial charge is 0.223 e. The fourth-order valence-electron chi connectivity index (χ4n) is 3.13. The van der Waals surface area contributed by atoms with E-state index in [0.29, 0.717) is 13.0 Å². The molecule has 3 rings (SSSR count). The van der Waals surface area contributed by atoms with Crippen molar-refractivity contribution < 1.29 is 4.79 Å².